The first kappa shape index (κ1) is 35.2. The number of rotatable bonds is 15. The summed E-state index contributed by atoms with van der Waals surface area (Å²) in [6.07, 6.45) is 20.1. The summed E-state index contributed by atoms with van der Waals surface area (Å²) in [5.74, 6) is 2.93. The van der Waals surface area contributed by atoms with Crippen LogP contribution in [0.25, 0.3) is 0 Å². The van der Waals surface area contributed by atoms with E-state index < -0.39 is 36.3 Å². The molecule has 0 amide bonds. The van der Waals surface area contributed by atoms with Crippen molar-refractivity contribution in [2.45, 2.75) is 128 Å². The summed E-state index contributed by atoms with van der Waals surface area (Å²) in [5.41, 5.74) is 1.66. The minimum atomic E-state index is -3.24. The van der Waals surface area contributed by atoms with Gasteiger partial charge in [0.2, 0.25) is 11.6 Å². The normalized spacial score (nSPS) is 22.0. The van der Waals surface area contributed by atoms with Gasteiger partial charge in [-0.2, -0.15) is 8.78 Å². The van der Waals surface area contributed by atoms with Crippen molar-refractivity contribution in [1.29, 1.82) is 0 Å². The van der Waals surface area contributed by atoms with Crippen molar-refractivity contribution in [3.05, 3.63) is 59.2 Å². The fourth-order valence-electron chi connectivity index (χ4n) is 7.02. The molecule has 45 heavy (non-hydrogen) atoms. The molecule has 0 spiro atoms. The molecule has 0 atom stereocenters. The van der Waals surface area contributed by atoms with Gasteiger partial charge in [0.1, 0.15) is 0 Å². The van der Waals surface area contributed by atoms with E-state index in [-0.39, 0.29) is 5.75 Å². The summed E-state index contributed by atoms with van der Waals surface area (Å²) >= 11 is 0. The Morgan fingerprint density at radius 1 is 0.711 bits per heavy atom. The largest absolute Gasteiger partial charge is 0.494 e. The van der Waals surface area contributed by atoms with Crippen molar-refractivity contribution in [3.8, 4) is 23.3 Å². The number of unbranched alkanes of at least 4 members (excludes halogenated alkanes) is 6. The van der Waals surface area contributed by atoms with E-state index in [0.29, 0.717) is 23.3 Å². The lowest BCUT2D eigenvalue weighted by Gasteiger charge is -2.27. The summed E-state index contributed by atoms with van der Waals surface area (Å²) < 4.78 is 66.8. The third-order valence-corrected chi connectivity index (χ3v) is 9.87. The second-order valence-corrected chi connectivity index (χ2v) is 13.4. The zero-order chi connectivity index (χ0) is 32.1. The first-order chi connectivity index (χ1) is 21.8. The Bertz CT molecular complexity index is 1220. The number of ether oxygens (including phenoxy) is 2. The van der Waals surface area contributed by atoms with Crippen LogP contribution in [0.1, 0.15) is 127 Å². The molecule has 2 nitrogen and oxygen atoms in total. The standard InChI is InChI=1S/C39H52F4O2/c1-3-4-5-6-7-8-9-10-29-11-13-30(14-12-29)15-16-31-17-21-33(22-18-31)34-23-19-32(20-24-34)27-39(42,43)28-45-36-26-25-35(44-2)37(40)38(36)41/h19-20,23-26,29-31,33H,3-14,17-18,21-22,27-28H2,1-2H3. The molecule has 2 aromatic carbocycles. The molecule has 248 valence electrons. The van der Waals surface area contributed by atoms with Gasteiger partial charge in [-0.05, 0) is 86.5 Å². The molecule has 0 aromatic heterocycles. The molecule has 2 aliphatic rings. The molecule has 0 saturated heterocycles. The van der Waals surface area contributed by atoms with Crippen LogP contribution in [0.3, 0.4) is 0 Å². The number of halogens is 4. The van der Waals surface area contributed by atoms with Gasteiger partial charge in [-0.25, -0.2) is 8.78 Å². The fourth-order valence-corrected chi connectivity index (χ4v) is 7.02. The minimum Gasteiger partial charge on any atom is -0.494 e. The number of alkyl halides is 2. The van der Waals surface area contributed by atoms with Gasteiger partial charge < -0.3 is 9.47 Å². The van der Waals surface area contributed by atoms with Crippen molar-refractivity contribution >= 4 is 0 Å². The van der Waals surface area contributed by atoms with Crippen molar-refractivity contribution in [2.75, 3.05) is 13.7 Å². The van der Waals surface area contributed by atoms with Crippen molar-refractivity contribution in [1.82, 2.24) is 0 Å². The van der Waals surface area contributed by atoms with Crippen LogP contribution in [0, 0.1) is 41.2 Å². The second-order valence-electron chi connectivity index (χ2n) is 13.4. The molecule has 4 rings (SSSR count). The van der Waals surface area contributed by atoms with E-state index in [9.17, 15) is 17.6 Å². The lowest BCUT2D eigenvalue weighted by atomic mass is 9.77. The molecule has 0 aliphatic heterocycles. The van der Waals surface area contributed by atoms with E-state index in [1.54, 1.807) is 12.1 Å². The number of hydrogen-bond acceptors (Lipinski definition) is 2. The molecule has 0 bridgehead atoms. The fraction of sp³-hybridized carbons (Fsp3) is 0.641. The van der Waals surface area contributed by atoms with Crippen molar-refractivity contribution in [3.63, 3.8) is 0 Å². The van der Waals surface area contributed by atoms with E-state index >= 15 is 0 Å². The Labute approximate surface area is 268 Å². The van der Waals surface area contributed by atoms with Crippen LogP contribution in [-0.4, -0.2) is 19.6 Å². The molecule has 2 fully saturated rings. The quantitative estimate of drug-likeness (QED) is 0.111. The van der Waals surface area contributed by atoms with Crippen molar-refractivity contribution < 1.29 is 27.0 Å². The van der Waals surface area contributed by atoms with Crippen molar-refractivity contribution in [2.24, 2.45) is 17.8 Å². The summed E-state index contributed by atoms with van der Waals surface area (Å²) in [5, 5.41) is 0. The molecule has 0 unspecified atom stereocenters. The van der Waals surface area contributed by atoms with Gasteiger partial charge in [0, 0.05) is 18.3 Å². The molecular formula is C39H52F4O2. The summed E-state index contributed by atoms with van der Waals surface area (Å²) in [6.45, 7) is 1.22. The van der Waals surface area contributed by atoms with E-state index in [2.05, 4.69) is 18.8 Å². The topological polar surface area (TPSA) is 18.5 Å². The summed E-state index contributed by atoms with van der Waals surface area (Å²) in [7, 11) is 1.20. The Balaban J connectivity index is 1.14. The van der Waals surface area contributed by atoms with Crippen LogP contribution >= 0.6 is 0 Å². The molecule has 2 aromatic rings. The summed E-state index contributed by atoms with van der Waals surface area (Å²) in [6, 6.07) is 9.62. The van der Waals surface area contributed by atoms with Crippen LogP contribution in [-0.2, 0) is 6.42 Å². The highest BCUT2D eigenvalue weighted by atomic mass is 19.3. The van der Waals surface area contributed by atoms with Gasteiger partial charge in [0.25, 0.3) is 5.92 Å². The molecule has 2 saturated carbocycles. The average molecular weight is 629 g/mol. The van der Waals surface area contributed by atoms with Gasteiger partial charge in [-0.3, -0.25) is 0 Å². The van der Waals surface area contributed by atoms with Gasteiger partial charge in [-0.1, -0.05) is 94.4 Å². The molecule has 2 aliphatic carbocycles. The van der Waals surface area contributed by atoms with Gasteiger partial charge in [0.15, 0.2) is 18.1 Å². The Kier molecular flexibility index (Phi) is 14.0. The van der Waals surface area contributed by atoms with Gasteiger partial charge >= 0.3 is 0 Å². The SMILES string of the molecule is CCCCCCCCCC1CCC(C#CC2CCC(c3ccc(CC(F)(F)COc4ccc(OC)c(F)c4F)cc3)CC2)CC1. The highest BCUT2D eigenvalue weighted by Gasteiger charge is 2.32. The third kappa shape index (κ3) is 11.3. The van der Waals surface area contributed by atoms with E-state index in [1.165, 1.54) is 89.7 Å². The zero-order valence-corrected chi connectivity index (χ0v) is 27.3. The predicted octanol–water partition coefficient (Wildman–Crippen LogP) is 11.5. The Hall–Kier alpha value is -2.68. The molecule has 0 N–H and O–H groups in total. The van der Waals surface area contributed by atoms with E-state index in [1.807, 2.05) is 12.1 Å². The maximum absolute atomic E-state index is 14.6. The second kappa shape index (κ2) is 17.9. The Morgan fingerprint density at radius 2 is 1.27 bits per heavy atom. The highest BCUT2D eigenvalue weighted by Crippen LogP contribution is 2.37. The maximum atomic E-state index is 14.6. The molecule has 0 heterocycles. The monoisotopic (exact) mass is 628 g/mol. The molecule has 6 heteroatoms. The smallest absolute Gasteiger partial charge is 0.285 e. The zero-order valence-electron chi connectivity index (χ0n) is 27.3. The van der Waals surface area contributed by atoms with E-state index in [4.69, 9.17) is 9.47 Å². The maximum Gasteiger partial charge on any atom is 0.285 e. The lowest BCUT2D eigenvalue weighted by molar-refractivity contribution is -0.0410. The lowest BCUT2D eigenvalue weighted by Crippen LogP contribution is -2.28. The van der Waals surface area contributed by atoms with Gasteiger partial charge in [0.05, 0.1) is 7.11 Å². The van der Waals surface area contributed by atoms with E-state index in [0.717, 1.165) is 43.7 Å². The first-order valence-electron chi connectivity index (χ1n) is 17.4. The van der Waals surface area contributed by atoms with Crippen LogP contribution in [0.15, 0.2) is 36.4 Å². The Morgan fingerprint density at radius 3 is 1.89 bits per heavy atom. The first-order valence-corrected chi connectivity index (χ1v) is 17.4. The van der Waals surface area contributed by atoms with Crippen LogP contribution in [0.4, 0.5) is 17.6 Å². The minimum absolute atomic E-state index is 0.311. The molecular weight excluding hydrogens is 576 g/mol. The van der Waals surface area contributed by atoms with Crippen LogP contribution in [0.5, 0.6) is 11.5 Å². The highest BCUT2D eigenvalue weighted by molar-refractivity contribution is 5.35. The number of hydrogen-bond donors (Lipinski definition) is 0. The number of benzene rings is 2. The predicted molar refractivity (Wildman–Crippen MR) is 174 cm³/mol. The van der Waals surface area contributed by atoms with Gasteiger partial charge in [-0.15, -0.1) is 0 Å². The number of methoxy groups -OCH3 is 1. The third-order valence-electron chi connectivity index (χ3n) is 9.87. The average Bonchev–Trinajstić information content (AvgIpc) is 3.05. The van der Waals surface area contributed by atoms with Crippen LogP contribution < -0.4 is 9.47 Å². The van der Waals surface area contributed by atoms with Crippen LogP contribution in [0.2, 0.25) is 0 Å². The molecule has 0 radical (unpaired) electrons. The summed E-state index contributed by atoms with van der Waals surface area (Å²) in [4.78, 5) is 0.